The molecule has 1 rings (SSSR count). The molecule has 1 aliphatic rings. The Hall–Kier alpha value is -1.59. The van der Waals surface area contributed by atoms with Crippen molar-refractivity contribution in [2.24, 2.45) is 0 Å². The highest BCUT2D eigenvalue weighted by atomic mass is 16.4. The molecule has 0 aromatic carbocycles. The molecular weight excluding hydrogens is 272 g/mol. The van der Waals surface area contributed by atoms with E-state index >= 15 is 0 Å². The van der Waals surface area contributed by atoms with Crippen LogP contribution in [0, 0.1) is 0 Å². The van der Waals surface area contributed by atoms with Gasteiger partial charge in [0, 0.05) is 26.9 Å². The minimum Gasteiger partial charge on any atom is -0.480 e. The number of aliphatic carboxylic acids is 1. The van der Waals surface area contributed by atoms with Gasteiger partial charge in [0.25, 0.3) is 0 Å². The number of carboxylic acids is 1. The van der Waals surface area contributed by atoms with Crippen molar-refractivity contribution < 1.29 is 19.5 Å². The van der Waals surface area contributed by atoms with Gasteiger partial charge in [0.1, 0.15) is 5.54 Å². The summed E-state index contributed by atoms with van der Waals surface area (Å²) >= 11 is 0. The van der Waals surface area contributed by atoms with Crippen molar-refractivity contribution in [1.82, 2.24) is 10.2 Å². The maximum atomic E-state index is 12.0. The smallest absolute Gasteiger partial charge is 0.329 e. The fraction of sp³-hybridized carbons (Fsp3) is 0.800. The van der Waals surface area contributed by atoms with Crippen LogP contribution in [-0.4, -0.2) is 47.4 Å². The Morgan fingerprint density at radius 2 is 1.62 bits per heavy atom. The minimum atomic E-state index is -1.11. The fourth-order valence-electron chi connectivity index (χ4n) is 2.68. The number of rotatable bonds is 6. The van der Waals surface area contributed by atoms with Gasteiger partial charge >= 0.3 is 5.97 Å². The number of carbonyl (C=O) groups is 3. The Kier molecular flexibility index (Phi) is 6.65. The minimum absolute atomic E-state index is 0.0229. The van der Waals surface area contributed by atoms with Crippen LogP contribution in [0.15, 0.2) is 0 Å². The third-order valence-corrected chi connectivity index (χ3v) is 4.04. The zero-order chi connectivity index (χ0) is 15.9. The summed E-state index contributed by atoms with van der Waals surface area (Å²) < 4.78 is 0. The first kappa shape index (κ1) is 17.5. The number of nitrogens with one attached hydrogen (secondary N) is 1. The Morgan fingerprint density at radius 3 is 2.10 bits per heavy atom. The van der Waals surface area contributed by atoms with Gasteiger partial charge in [0.15, 0.2) is 0 Å². The lowest BCUT2D eigenvalue weighted by Gasteiger charge is -2.29. The normalized spacial score (nSPS) is 17.6. The maximum Gasteiger partial charge on any atom is 0.329 e. The summed E-state index contributed by atoms with van der Waals surface area (Å²) in [6.07, 6.45) is 5.60. The molecule has 1 fully saturated rings. The zero-order valence-electron chi connectivity index (χ0n) is 13.0. The molecule has 1 saturated carbocycles. The largest absolute Gasteiger partial charge is 0.480 e. The lowest BCUT2D eigenvalue weighted by atomic mass is 9.90. The van der Waals surface area contributed by atoms with Gasteiger partial charge in [-0.2, -0.15) is 0 Å². The molecule has 0 spiro atoms. The van der Waals surface area contributed by atoms with Crippen molar-refractivity contribution in [2.45, 2.75) is 63.3 Å². The van der Waals surface area contributed by atoms with Gasteiger partial charge in [-0.25, -0.2) is 4.79 Å². The van der Waals surface area contributed by atoms with E-state index in [1.807, 2.05) is 0 Å². The van der Waals surface area contributed by atoms with Gasteiger partial charge in [-0.1, -0.05) is 25.7 Å². The topological polar surface area (TPSA) is 86.7 Å². The van der Waals surface area contributed by atoms with Gasteiger partial charge in [0.05, 0.1) is 0 Å². The average molecular weight is 298 g/mol. The molecule has 1 aliphatic carbocycles. The van der Waals surface area contributed by atoms with Crippen LogP contribution in [0.1, 0.15) is 57.8 Å². The van der Waals surface area contributed by atoms with Crippen LogP contribution < -0.4 is 5.32 Å². The summed E-state index contributed by atoms with van der Waals surface area (Å²) in [5, 5.41) is 12.2. The van der Waals surface area contributed by atoms with Crippen LogP contribution in [0.2, 0.25) is 0 Å². The Bertz CT molecular complexity index is 385. The molecule has 2 N–H and O–H groups in total. The van der Waals surface area contributed by atoms with Gasteiger partial charge in [-0.15, -0.1) is 0 Å². The lowest BCUT2D eigenvalue weighted by molar-refractivity contribution is -0.148. The second-order valence-electron chi connectivity index (χ2n) is 5.99. The van der Waals surface area contributed by atoms with E-state index in [1.54, 1.807) is 14.1 Å². The zero-order valence-corrected chi connectivity index (χ0v) is 13.0. The standard InChI is InChI=1S/C15H26N2O4/c1-17(2)13(19)9-7-8-12(18)16-15(14(20)21)10-5-3-4-6-11-15/h3-11H2,1-2H3,(H,16,18)(H,20,21). The number of nitrogens with zero attached hydrogens (tertiary/aromatic N) is 1. The van der Waals surface area contributed by atoms with Crippen LogP contribution in [0.25, 0.3) is 0 Å². The van der Waals surface area contributed by atoms with Gasteiger partial charge in [-0.3, -0.25) is 9.59 Å². The van der Waals surface area contributed by atoms with E-state index in [0.717, 1.165) is 25.7 Å². The summed E-state index contributed by atoms with van der Waals surface area (Å²) in [5.41, 5.74) is -1.11. The van der Waals surface area contributed by atoms with Crippen molar-refractivity contribution in [3.8, 4) is 0 Å². The molecule has 0 atom stereocenters. The summed E-state index contributed by atoms with van der Waals surface area (Å²) in [6.45, 7) is 0. The van der Waals surface area contributed by atoms with Crippen molar-refractivity contribution in [3.63, 3.8) is 0 Å². The number of carboxylic acid groups (broad SMARTS) is 1. The Morgan fingerprint density at radius 1 is 1.05 bits per heavy atom. The molecule has 0 heterocycles. The van der Waals surface area contributed by atoms with E-state index in [0.29, 0.717) is 25.7 Å². The van der Waals surface area contributed by atoms with Crippen LogP contribution in [-0.2, 0) is 14.4 Å². The van der Waals surface area contributed by atoms with Crippen LogP contribution in [0.4, 0.5) is 0 Å². The van der Waals surface area contributed by atoms with E-state index in [1.165, 1.54) is 4.90 Å². The summed E-state index contributed by atoms with van der Waals surface area (Å²) in [7, 11) is 3.35. The van der Waals surface area contributed by atoms with E-state index in [9.17, 15) is 19.5 Å². The molecule has 0 saturated heterocycles. The van der Waals surface area contributed by atoms with E-state index in [4.69, 9.17) is 0 Å². The third-order valence-electron chi connectivity index (χ3n) is 4.04. The fourth-order valence-corrected chi connectivity index (χ4v) is 2.68. The molecule has 2 amide bonds. The van der Waals surface area contributed by atoms with Crippen molar-refractivity contribution >= 4 is 17.8 Å². The highest BCUT2D eigenvalue weighted by Gasteiger charge is 2.39. The predicted octanol–water partition coefficient (Wildman–Crippen LogP) is 1.54. The molecule has 0 unspecified atom stereocenters. The molecule has 0 aromatic heterocycles. The molecular formula is C15H26N2O4. The third kappa shape index (κ3) is 5.36. The molecule has 0 bridgehead atoms. The number of carbonyl (C=O) groups excluding carboxylic acids is 2. The van der Waals surface area contributed by atoms with E-state index < -0.39 is 11.5 Å². The van der Waals surface area contributed by atoms with Crippen molar-refractivity contribution in [3.05, 3.63) is 0 Å². The lowest BCUT2D eigenvalue weighted by Crippen LogP contribution is -2.54. The second-order valence-corrected chi connectivity index (χ2v) is 5.99. The van der Waals surface area contributed by atoms with Crippen LogP contribution >= 0.6 is 0 Å². The van der Waals surface area contributed by atoms with Crippen LogP contribution in [0.5, 0.6) is 0 Å². The number of hydrogen-bond donors (Lipinski definition) is 2. The number of hydrogen-bond acceptors (Lipinski definition) is 3. The summed E-state index contributed by atoms with van der Waals surface area (Å²) in [6, 6.07) is 0. The molecule has 21 heavy (non-hydrogen) atoms. The first-order valence-corrected chi connectivity index (χ1v) is 7.62. The van der Waals surface area contributed by atoms with Gasteiger partial charge < -0.3 is 15.3 Å². The van der Waals surface area contributed by atoms with E-state index in [2.05, 4.69) is 5.32 Å². The number of amides is 2. The molecule has 0 radical (unpaired) electrons. The maximum absolute atomic E-state index is 12.0. The van der Waals surface area contributed by atoms with Crippen molar-refractivity contribution in [2.75, 3.05) is 14.1 Å². The Labute approximate surface area is 125 Å². The molecule has 6 nitrogen and oxygen atoms in total. The van der Waals surface area contributed by atoms with Gasteiger partial charge in [-0.05, 0) is 19.3 Å². The summed E-state index contributed by atoms with van der Waals surface area (Å²) in [4.78, 5) is 36.5. The first-order chi connectivity index (χ1) is 9.87. The van der Waals surface area contributed by atoms with Crippen molar-refractivity contribution in [1.29, 1.82) is 0 Å². The Balaban J connectivity index is 2.49. The van der Waals surface area contributed by atoms with Crippen LogP contribution in [0.3, 0.4) is 0 Å². The van der Waals surface area contributed by atoms with Gasteiger partial charge in [0.2, 0.25) is 11.8 Å². The average Bonchev–Trinajstić information content (AvgIpc) is 2.65. The first-order valence-electron chi connectivity index (χ1n) is 7.62. The highest BCUT2D eigenvalue weighted by Crippen LogP contribution is 2.27. The SMILES string of the molecule is CN(C)C(=O)CCCC(=O)NC1(C(=O)O)CCCCCC1. The predicted molar refractivity (Wildman–Crippen MR) is 78.8 cm³/mol. The monoisotopic (exact) mass is 298 g/mol. The highest BCUT2D eigenvalue weighted by molar-refractivity contribution is 5.87. The van der Waals surface area contributed by atoms with E-state index in [-0.39, 0.29) is 18.2 Å². The molecule has 120 valence electrons. The quantitative estimate of drug-likeness (QED) is 0.728. The molecule has 0 aliphatic heterocycles. The second kappa shape index (κ2) is 8.00. The summed E-state index contributed by atoms with van der Waals surface area (Å²) in [5.74, 6) is -1.24. The molecule has 6 heteroatoms. The molecule has 0 aromatic rings.